The third kappa shape index (κ3) is 6.16. The van der Waals surface area contributed by atoms with Gasteiger partial charge in [0.2, 0.25) is 5.28 Å². The van der Waals surface area contributed by atoms with Crippen molar-refractivity contribution in [2.45, 2.75) is 87.8 Å². The highest BCUT2D eigenvalue weighted by molar-refractivity contribution is 7.63. The van der Waals surface area contributed by atoms with Gasteiger partial charge in [-0.3, -0.25) is 0 Å². The molecule has 6 rings (SSSR count). The number of aliphatic hydroxyl groups excluding tert-OH is 1. The van der Waals surface area contributed by atoms with E-state index < -0.39 is 49.4 Å². The molecule has 0 bridgehead atoms. The molecular weight excluding hydrogens is 605 g/mol. The minimum absolute atomic E-state index is 0.00612. The van der Waals surface area contributed by atoms with Gasteiger partial charge in [0.15, 0.2) is 28.8 Å². The molecule has 3 aliphatic rings. The number of nitrogens with one attached hydrogen (secondary N) is 2. The summed E-state index contributed by atoms with van der Waals surface area (Å²) in [5, 5.41) is 31.4. The highest BCUT2D eigenvalue weighted by Gasteiger charge is 2.57. The summed E-state index contributed by atoms with van der Waals surface area (Å²) in [6, 6.07) is 0.314. The molecule has 3 N–H and O–H groups in total. The molecule has 0 amide bonds. The molecule has 0 unspecified atom stereocenters. The van der Waals surface area contributed by atoms with Gasteiger partial charge in [0.05, 0.1) is 31.4 Å². The highest BCUT2D eigenvalue weighted by Crippen LogP contribution is 2.53. The largest absolute Gasteiger partial charge is 0.393 e. The van der Waals surface area contributed by atoms with E-state index >= 15 is 0 Å². The lowest BCUT2D eigenvalue weighted by molar-refractivity contribution is -0.208. The molecule has 1 saturated carbocycles. The number of hydrogen-bond donors (Lipinski definition) is 3. The fraction of sp³-hybridized carbons (Fsp3) is 0.760. The lowest BCUT2D eigenvalue weighted by Crippen LogP contribution is -2.45. The maximum absolute atomic E-state index is 13.4. The molecule has 2 saturated heterocycles. The number of fused-ring (bicyclic) bond motifs is 2. The maximum Gasteiger partial charge on any atom is 0.226 e. The number of aromatic amines is 1. The van der Waals surface area contributed by atoms with Crippen LogP contribution in [0.4, 0.5) is 5.82 Å². The molecule has 0 aromatic carbocycles. The number of aliphatic hydroxyl groups is 1. The maximum atomic E-state index is 13.4. The first-order valence-electron chi connectivity index (χ1n) is 14.3. The summed E-state index contributed by atoms with van der Waals surface area (Å²) >= 11 is 6.37. The van der Waals surface area contributed by atoms with Crippen LogP contribution in [0.1, 0.15) is 51.6 Å². The molecule has 236 valence electrons. The Morgan fingerprint density at radius 2 is 2.02 bits per heavy atom. The first-order valence-corrected chi connectivity index (χ1v) is 17.2. The molecular formula is C25H37ClN9O7P. The predicted octanol–water partition coefficient (Wildman–Crippen LogP) is 2.31. The van der Waals surface area contributed by atoms with Crippen LogP contribution in [0.15, 0.2) is 6.20 Å². The third-order valence-electron chi connectivity index (χ3n) is 8.18. The quantitative estimate of drug-likeness (QED) is 0.193. The summed E-state index contributed by atoms with van der Waals surface area (Å²) in [6.07, 6.45) is 3.62. The van der Waals surface area contributed by atoms with Crippen molar-refractivity contribution < 1.29 is 33.4 Å². The van der Waals surface area contributed by atoms with E-state index in [2.05, 4.69) is 41.0 Å². The van der Waals surface area contributed by atoms with E-state index in [9.17, 15) is 9.67 Å². The van der Waals surface area contributed by atoms with Gasteiger partial charge in [-0.05, 0) is 51.6 Å². The highest BCUT2D eigenvalue weighted by atomic mass is 35.5. The third-order valence-corrected chi connectivity index (χ3v) is 10.7. The Kier molecular flexibility index (Phi) is 8.50. The molecule has 2 aliphatic heterocycles. The Hall–Kier alpha value is -2.30. The Labute approximate surface area is 252 Å². The van der Waals surface area contributed by atoms with Crippen LogP contribution < -0.4 is 5.32 Å². The van der Waals surface area contributed by atoms with Crippen LogP contribution in [0.2, 0.25) is 5.28 Å². The zero-order chi connectivity index (χ0) is 30.4. The summed E-state index contributed by atoms with van der Waals surface area (Å²) < 4.78 is 46.0. The summed E-state index contributed by atoms with van der Waals surface area (Å²) in [6.45, 7) is 5.92. The van der Waals surface area contributed by atoms with Gasteiger partial charge in [0, 0.05) is 6.04 Å². The molecule has 3 fully saturated rings. The topological polar surface area (TPSA) is 194 Å². The number of hydrogen-bond acceptors (Lipinski definition) is 14. The standard InChI is InChI=1S/C25H37ClN9O7P/c1-24(2)41-18-16(10-39-25(12-36,43(3,4)37)13-38-11-17-31-33-34-32-17)40-22(19(18)42-24)35-21-15(9-27-35)20(29-23(26)30-21)28-14-7-5-6-8-14/h9,14,16,18-19,22,36H,5-8,10-13H2,1-4H3,(H,28,29,30)(H,31,32,33,34)/t16-,18-,19-,22-,25-/m1/s1. The van der Waals surface area contributed by atoms with Gasteiger partial charge in [-0.25, -0.2) is 4.68 Å². The monoisotopic (exact) mass is 641 g/mol. The SMILES string of the molecule is CC1(C)O[C@@H]2[C@H](O1)[C@@H](CO[C@@](CO)(COCc1nn[nH]n1)P(C)(C)=O)O[C@H]2n1ncc2c(NC3CCCC3)nc(Cl)nc21. The van der Waals surface area contributed by atoms with E-state index in [1.807, 2.05) is 13.8 Å². The van der Waals surface area contributed by atoms with Gasteiger partial charge in [-0.1, -0.05) is 18.1 Å². The second-order valence-electron chi connectivity index (χ2n) is 12.0. The molecule has 3 aromatic heterocycles. The van der Waals surface area contributed by atoms with Crippen molar-refractivity contribution in [3.63, 3.8) is 0 Å². The Bertz CT molecular complexity index is 1460. The van der Waals surface area contributed by atoms with Gasteiger partial charge in [-0.15, -0.1) is 10.2 Å². The smallest absolute Gasteiger partial charge is 0.226 e. The zero-order valence-corrected chi connectivity index (χ0v) is 26.1. The van der Waals surface area contributed by atoms with E-state index in [0.717, 1.165) is 12.8 Å². The van der Waals surface area contributed by atoms with E-state index in [1.54, 1.807) is 10.9 Å². The summed E-state index contributed by atoms with van der Waals surface area (Å²) in [5.41, 5.74) is 0.491. The normalized spacial score (nSPS) is 27.1. The fourth-order valence-corrected chi connectivity index (χ4v) is 7.14. The molecule has 16 nitrogen and oxygen atoms in total. The van der Waals surface area contributed by atoms with Crippen molar-refractivity contribution >= 4 is 35.6 Å². The summed E-state index contributed by atoms with van der Waals surface area (Å²) in [5.74, 6) is 0.0311. The van der Waals surface area contributed by atoms with Crippen molar-refractivity contribution in [3.8, 4) is 0 Å². The van der Waals surface area contributed by atoms with Crippen LogP contribution in [0, 0.1) is 0 Å². The van der Waals surface area contributed by atoms with Gasteiger partial charge in [0.25, 0.3) is 0 Å². The Morgan fingerprint density at radius 1 is 1.26 bits per heavy atom. The lowest BCUT2D eigenvalue weighted by Gasteiger charge is -2.36. The van der Waals surface area contributed by atoms with E-state index in [4.69, 9.17) is 35.3 Å². The first-order chi connectivity index (χ1) is 20.5. The van der Waals surface area contributed by atoms with Crippen molar-refractivity contribution in [2.24, 2.45) is 0 Å². The number of aromatic nitrogens is 8. The molecule has 5 atom stereocenters. The van der Waals surface area contributed by atoms with Crippen LogP contribution in [0.5, 0.6) is 0 Å². The van der Waals surface area contributed by atoms with Crippen LogP contribution in [-0.2, 0) is 34.9 Å². The van der Waals surface area contributed by atoms with E-state index in [-0.39, 0.29) is 25.1 Å². The Morgan fingerprint density at radius 3 is 2.72 bits per heavy atom. The van der Waals surface area contributed by atoms with Crippen molar-refractivity contribution in [3.05, 3.63) is 17.3 Å². The van der Waals surface area contributed by atoms with Crippen LogP contribution in [0.3, 0.4) is 0 Å². The Balaban J connectivity index is 1.24. The molecule has 43 heavy (non-hydrogen) atoms. The number of nitrogens with zero attached hydrogens (tertiary/aromatic N) is 7. The molecule has 1 aliphatic carbocycles. The van der Waals surface area contributed by atoms with Crippen LogP contribution in [0.25, 0.3) is 11.0 Å². The molecule has 18 heteroatoms. The van der Waals surface area contributed by atoms with Crippen molar-refractivity contribution in [1.29, 1.82) is 0 Å². The minimum Gasteiger partial charge on any atom is -0.393 e. The van der Waals surface area contributed by atoms with Crippen molar-refractivity contribution in [1.82, 2.24) is 40.4 Å². The summed E-state index contributed by atoms with van der Waals surface area (Å²) in [7, 11) is -3.09. The van der Waals surface area contributed by atoms with Crippen LogP contribution >= 0.6 is 18.7 Å². The first kappa shape index (κ1) is 30.7. The summed E-state index contributed by atoms with van der Waals surface area (Å²) in [4.78, 5) is 8.92. The number of ether oxygens (including phenoxy) is 5. The molecule has 0 spiro atoms. The number of rotatable bonds is 12. The van der Waals surface area contributed by atoms with Gasteiger partial charge in [0.1, 0.15) is 37.9 Å². The minimum atomic E-state index is -3.09. The van der Waals surface area contributed by atoms with Gasteiger partial charge >= 0.3 is 0 Å². The fourth-order valence-electron chi connectivity index (χ4n) is 5.85. The number of tetrazole rings is 1. The number of anilines is 1. The lowest BCUT2D eigenvalue weighted by atomic mass is 10.1. The second kappa shape index (κ2) is 11.9. The van der Waals surface area contributed by atoms with Crippen LogP contribution in [-0.4, -0.2) is 114 Å². The molecule has 5 heterocycles. The number of halogens is 1. The molecule has 0 radical (unpaired) electrons. The van der Waals surface area contributed by atoms with Gasteiger partial charge < -0.3 is 38.7 Å². The number of H-pyrrole nitrogens is 1. The van der Waals surface area contributed by atoms with E-state index in [1.165, 1.54) is 26.2 Å². The average molecular weight is 642 g/mol. The predicted molar refractivity (Wildman–Crippen MR) is 153 cm³/mol. The van der Waals surface area contributed by atoms with E-state index in [0.29, 0.717) is 28.7 Å². The van der Waals surface area contributed by atoms with Crippen molar-refractivity contribution in [2.75, 3.05) is 38.5 Å². The molecule has 3 aromatic rings. The van der Waals surface area contributed by atoms with Gasteiger partial charge in [-0.2, -0.15) is 20.3 Å². The second-order valence-corrected chi connectivity index (χ2v) is 15.9. The zero-order valence-electron chi connectivity index (χ0n) is 24.5. The average Bonchev–Trinajstić information content (AvgIpc) is 3.76.